The molecule has 15 nitrogen and oxygen atoms in total. The van der Waals surface area contributed by atoms with Gasteiger partial charge in [-0.05, 0) is 61.1 Å². The SMILES string of the molecule is C=C[C@@H]1C[C@]1(NC(=O)[C@@H]1C[C@@H](Oc2cc(-c3csc(NC(=O)C(C)C(C)(C)C)n3)nc3cc(N(C)C)ccc23)CN1C(=O)[C@@H](NC(=O)OC1CCCC1)C(C)(C)C)C(=O)O. The number of nitrogens with one attached hydrogen (secondary N) is 3. The van der Waals surface area contributed by atoms with E-state index in [0.717, 1.165) is 31.4 Å². The average Bonchev–Trinajstić information content (AvgIpc) is 3.58. The number of carbonyl (C=O) groups is 5. The Balaban J connectivity index is 1.33. The van der Waals surface area contributed by atoms with Crippen molar-refractivity contribution < 1.29 is 38.6 Å². The molecule has 3 heterocycles. The predicted octanol–water partition coefficient (Wildman–Crippen LogP) is 6.62. The minimum absolute atomic E-state index is 0.0309. The Morgan fingerprint density at radius 2 is 1.72 bits per heavy atom. The van der Waals surface area contributed by atoms with Crippen molar-refractivity contribution in [2.24, 2.45) is 22.7 Å². The number of nitrogens with zero attached hydrogens (tertiary/aromatic N) is 4. The van der Waals surface area contributed by atoms with Gasteiger partial charge < -0.3 is 40.3 Å². The van der Waals surface area contributed by atoms with Crippen LogP contribution in [0, 0.1) is 22.7 Å². The second kappa shape index (κ2) is 17.0. The zero-order valence-electron chi connectivity index (χ0n) is 36.1. The third kappa shape index (κ3) is 9.53. The number of aromatic nitrogens is 2. The van der Waals surface area contributed by atoms with Crippen molar-refractivity contribution in [2.75, 3.05) is 30.9 Å². The molecule has 324 valence electrons. The number of ether oxygens (including phenoxy) is 2. The second-order valence-electron chi connectivity index (χ2n) is 18.8. The van der Waals surface area contributed by atoms with Crippen molar-refractivity contribution in [3.05, 3.63) is 42.3 Å². The number of pyridine rings is 1. The van der Waals surface area contributed by atoms with E-state index in [4.69, 9.17) is 19.4 Å². The lowest BCUT2D eigenvalue weighted by atomic mass is 9.81. The zero-order valence-corrected chi connectivity index (χ0v) is 36.9. The Bertz CT molecular complexity index is 2150. The highest BCUT2D eigenvalue weighted by Crippen LogP contribution is 2.45. The van der Waals surface area contributed by atoms with Crippen LogP contribution in [-0.4, -0.2) is 100 Å². The first-order valence-corrected chi connectivity index (χ1v) is 21.5. The first-order valence-electron chi connectivity index (χ1n) is 20.6. The van der Waals surface area contributed by atoms with Crippen LogP contribution in [0.5, 0.6) is 5.75 Å². The van der Waals surface area contributed by atoms with Gasteiger partial charge in [-0.2, -0.15) is 0 Å². The van der Waals surface area contributed by atoms with Crippen LogP contribution in [-0.2, 0) is 23.9 Å². The normalized spacial score (nSPS) is 22.8. The highest BCUT2D eigenvalue weighted by molar-refractivity contribution is 7.14. The Morgan fingerprint density at radius 3 is 2.32 bits per heavy atom. The van der Waals surface area contributed by atoms with Crippen LogP contribution in [0.4, 0.5) is 15.6 Å². The van der Waals surface area contributed by atoms with Gasteiger partial charge in [0, 0.05) is 54.9 Å². The van der Waals surface area contributed by atoms with Gasteiger partial charge in [0.1, 0.15) is 41.3 Å². The van der Waals surface area contributed by atoms with E-state index in [9.17, 15) is 29.1 Å². The van der Waals surface area contributed by atoms with Gasteiger partial charge in [0.2, 0.25) is 17.7 Å². The lowest BCUT2D eigenvalue weighted by molar-refractivity contribution is -0.146. The third-order valence-corrected chi connectivity index (χ3v) is 12.8. The maximum Gasteiger partial charge on any atom is 0.408 e. The lowest BCUT2D eigenvalue weighted by Gasteiger charge is -2.35. The van der Waals surface area contributed by atoms with Gasteiger partial charge in [-0.1, -0.05) is 54.5 Å². The van der Waals surface area contributed by atoms with E-state index in [1.807, 2.05) is 91.0 Å². The van der Waals surface area contributed by atoms with Crippen LogP contribution in [0.25, 0.3) is 22.3 Å². The Morgan fingerprint density at radius 1 is 1.02 bits per heavy atom. The monoisotopic (exact) mass is 845 g/mol. The fourth-order valence-electron chi connectivity index (χ4n) is 7.74. The third-order valence-electron chi connectivity index (χ3n) is 12.1. The predicted molar refractivity (Wildman–Crippen MR) is 231 cm³/mol. The molecule has 1 aliphatic heterocycles. The molecule has 1 unspecified atom stereocenters. The number of fused-ring (bicyclic) bond motifs is 1. The van der Waals surface area contributed by atoms with Crippen molar-refractivity contribution in [1.82, 2.24) is 25.5 Å². The van der Waals surface area contributed by atoms with E-state index >= 15 is 0 Å². The maximum atomic E-state index is 14.7. The largest absolute Gasteiger partial charge is 0.488 e. The Kier molecular flexibility index (Phi) is 12.6. The van der Waals surface area contributed by atoms with Gasteiger partial charge in [0.15, 0.2) is 5.13 Å². The molecular weight excluding hydrogens is 787 g/mol. The number of alkyl carbamates (subject to hydrolysis) is 1. The molecule has 0 radical (unpaired) electrons. The fraction of sp³-hybridized carbons (Fsp3) is 0.568. The first-order chi connectivity index (χ1) is 28.1. The van der Waals surface area contributed by atoms with Gasteiger partial charge >= 0.3 is 12.1 Å². The number of thiazole rings is 1. The maximum absolute atomic E-state index is 14.7. The highest BCUT2D eigenvalue weighted by atomic mass is 32.1. The number of carboxylic acids is 1. The molecule has 3 fully saturated rings. The number of rotatable bonds is 13. The van der Waals surface area contributed by atoms with Gasteiger partial charge in [-0.3, -0.25) is 14.4 Å². The summed E-state index contributed by atoms with van der Waals surface area (Å²) in [5.74, 6) is -2.79. The van der Waals surface area contributed by atoms with Crippen molar-refractivity contribution in [2.45, 2.75) is 117 Å². The molecule has 2 aromatic heterocycles. The number of anilines is 2. The van der Waals surface area contributed by atoms with E-state index < -0.39 is 58.9 Å². The quantitative estimate of drug-likeness (QED) is 0.135. The first kappa shape index (κ1) is 44.3. The molecular formula is C44H59N7O8S. The van der Waals surface area contributed by atoms with Crippen molar-refractivity contribution in [3.8, 4) is 17.1 Å². The summed E-state index contributed by atoms with van der Waals surface area (Å²) in [4.78, 5) is 80.5. The molecule has 0 bridgehead atoms. The number of likely N-dealkylation sites (tertiary alicyclic amines) is 1. The van der Waals surface area contributed by atoms with E-state index in [-0.39, 0.29) is 42.7 Å². The number of aliphatic carboxylic acids is 1. The second-order valence-corrected chi connectivity index (χ2v) is 19.6. The van der Waals surface area contributed by atoms with Crippen LogP contribution < -0.4 is 25.6 Å². The van der Waals surface area contributed by atoms with E-state index in [2.05, 4.69) is 22.5 Å². The Hall–Kier alpha value is -5.25. The molecule has 3 aromatic rings. The van der Waals surface area contributed by atoms with Crippen molar-refractivity contribution >= 4 is 62.8 Å². The molecule has 2 saturated carbocycles. The summed E-state index contributed by atoms with van der Waals surface area (Å²) in [6.07, 6.45) is 3.47. The standard InChI is InChI=1S/C44H59N7O8S/c1-11-25-21-44(25,39(55)56)49-37(53)33-19-28(22-51(33)38(54)35(43(6,7)8)47-41(57)59-27-14-12-13-15-27)58-34-20-31(45-30-18-26(50(9)10)16-17-29(30)34)32-23-60-40(46-32)48-36(52)24(2)42(3,4)5/h11,16-18,20,23-25,27-28,33,35H,1,12-15,19,21-22H2,2-10H3,(H,47,57)(H,49,53)(H,55,56)(H,46,48,52)/t24?,25-,28-,33+,35-,44-/m1/s1. The number of amides is 4. The van der Waals surface area contributed by atoms with Crippen LogP contribution in [0.1, 0.15) is 87.0 Å². The average molecular weight is 846 g/mol. The molecule has 60 heavy (non-hydrogen) atoms. The Labute approximate surface area is 355 Å². The van der Waals surface area contributed by atoms with Crippen molar-refractivity contribution in [1.29, 1.82) is 0 Å². The summed E-state index contributed by atoms with van der Waals surface area (Å²) in [7, 11) is 3.85. The van der Waals surface area contributed by atoms with Crippen LogP contribution in [0.15, 0.2) is 42.3 Å². The summed E-state index contributed by atoms with van der Waals surface area (Å²) in [6.45, 7) is 17.0. The molecule has 3 aliphatic rings. The van der Waals surface area contributed by atoms with Gasteiger partial charge in [-0.25, -0.2) is 19.6 Å². The molecule has 1 saturated heterocycles. The van der Waals surface area contributed by atoms with Crippen LogP contribution in [0.2, 0.25) is 0 Å². The summed E-state index contributed by atoms with van der Waals surface area (Å²) in [5, 5.41) is 21.5. The molecule has 0 spiro atoms. The topological polar surface area (TPSA) is 192 Å². The van der Waals surface area contributed by atoms with Gasteiger partial charge in [0.05, 0.1) is 17.8 Å². The van der Waals surface area contributed by atoms with Crippen LogP contribution in [0.3, 0.4) is 0 Å². The summed E-state index contributed by atoms with van der Waals surface area (Å²) in [5.41, 5.74) is -0.0583. The number of benzene rings is 1. The van der Waals surface area contributed by atoms with Gasteiger partial charge in [0.25, 0.3) is 0 Å². The molecule has 4 amide bonds. The minimum Gasteiger partial charge on any atom is -0.488 e. The minimum atomic E-state index is -1.53. The van der Waals surface area contributed by atoms with E-state index in [0.29, 0.717) is 33.2 Å². The van der Waals surface area contributed by atoms with E-state index in [1.165, 1.54) is 22.3 Å². The van der Waals surface area contributed by atoms with Gasteiger partial charge in [-0.15, -0.1) is 17.9 Å². The van der Waals surface area contributed by atoms with E-state index in [1.54, 1.807) is 6.07 Å². The van der Waals surface area contributed by atoms with Crippen molar-refractivity contribution in [3.63, 3.8) is 0 Å². The lowest BCUT2D eigenvalue weighted by Crippen LogP contribution is -2.59. The smallest absolute Gasteiger partial charge is 0.408 e. The summed E-state index contributed by atoms with van der Waals surface area (Å²) in [6, 6.07) is 5.30. The summed E-state index contributed by atoms with van der Waals surface area (Å²) >= 11 is 1.28. The zero-order chi connectivity index (χ0) is 43.9. The molecule has 2 aliphatic carbocycles. The molecule has 6 atom stereocenters. The highest BCUT2D eigenvalue weighted by Gasteiger charge is 2.61. The molecule has 6 rings (SSSR count). The fourth-order valence-corrected chi connectivity index (χ4v) is 8.45. The number of carboxylic acid groups (broad SMARTS) is 1. The van der Waals surface area contributed by atoms with Crippen LogP contribution >= 0.6 is 11.3 Å². The molecule has 4 N–H and O–H groups in total. The number of carbonyl (C=O) groups excluding carboxylic acids is 4. The number of hydrogen-bond acceptors (Lipinski definition) is 11. The summed E-state index contributed by atoms with van der Waals surface area (Å²) < 4.78 is 12.4. The molecule has 16 heteroatoms. The molecule has 1 aromatic carbocycles. The number of hydrogen-bond donors (Lipinski definition) is 4.